The fourth-order valence-corrected chi connectivity index (χ4v) is 23.8. The van der Waals surface area contributed by atoms with Crippen LogP contribution in [0.5, 0.6) is 11.5 Å². The average Bonchev–Trinajstić information content (AvgIpc) is 0.831. The predicted octanol–water partition coefficient (Wildman–Crippen LogP) is 18.3. The van der Waals surface area contributed by atoms with Gasteiger partial charge in [-0.2, -0.15) is 0 Å². The number of nitrogens with one attached hydrogen (secondary N) is 3. The number of carbonyl (C=O) groups excluding carboxylic acids is 4. The minimum absolute atomic E-state index is 0.282. The number of aryl methyl sites for hydroxylation is 6. The molecule has 0 aliphatic carbocycles. The van der Waals surface area contributed by atoms with Crippen molar-refractivity contribution in [3.63, 3.8) is 0 Å². The zero-order valence-electron chi connectivity index (χ0n) is 60.3. The predicted molar refractivity (Wildman–Crippen MR) is 392 cm³/mol. The van der Waals surface area contributed by atoms with Gasteiger partial charge in [0.15, 0.2) is 0 Å². The minimum atomic E-state index is -2.02. The number of anilines is 2. The molecule has 12 nitrogen and oxygen atoms in total. The van der Waals surface area contributed by atoms with Gasteiger partial charge in [0.1, 0.15) is 34.8 Å². The normalized spacial score (nSPS) is 12.7. The van der Waals surface area contributed by atoms with Gasteiger partial charge >= 0.3 is 11.9 Å². The molecule has 0 fully saturated rings. The van der Waals surface area contributed by atoms with Crippen molar-refractivity contribution in [1.82, 2.24) is 10.6 Å². The lowest BCUT2D eigenvalue weighted by Gasteiger charge is -2.42. The maximum atomic E-state index is 13.6. The van der Waals surface area contributed by atoms with Crippen LogP contribution in [0.1, 0.15) is 192 Å². The fourth-order valence-electron chi connectivity index (χ4n) is 13.3. The van der Waals surface area contributed by atoms with Crippen LogP contribution in [0.2, 0.25) is 33.2 Å². The van der Waals surface area contributed by atoms with Gasteiger partial charge in [-0.05, 0) is 220 Å². The van der Waals surface area contributed by atoms with E-state index in [0.717, 1.165) is 70.8 Å². The third kappa shape index (κ3) is 22.5. The van der Waals surface area contributed by atoms with Gasteiger partial charge in [-0.1, -0.05) is 168 Å². The van der Waals surface area contributed by atoms with E-state index >= 15 is 0 Å². The van der Waals surface area contributed by atoms with Crippen LogP contribution >= 0.6 is 0 Å². The molecule has 0 aliphatic heterocycles. The van der Waals surface area contributed by atoms with Gasteiger partial charge in [-0.25, -0.2) is 9.59 Å². The largest absolute Gasteiger partial charge is 0.543 e. The summed E-state index contributed by atoms with van der Waals surface area (Å²) in [7, 11) is 1.88. The van der Waals surface area contributed by atoms with Crippen molar-refractivity contribution in [3.8, 4) is 11.5 Å². The second-order valence-corrected chi connectivity index (χ2v) is 39.9. The lowest BCUT2D eigenvalue weighted by Crippen LogP contribution is -2.50. The van der Waals surface area contributed by atoms with Gasteiger partial charge in [0.2, 0.25) is 0 Å². The van der Waals surface area contributed by atoms with E-state index in [2.05, 4.69) is 152 Å². The quantitative estimate of drug-likeness (QED) is 0.0294. The van der Waals surface area contributed by atoms with Crippen LogP contribution in [0, 0.1) is 0 Å². The number of esters is 2. The molecule has 0 aromatic heterocycles. The second kappa shape index (κ2) is 34.8. The van der Waals surface area contributed by atoms with Crippen LogP contribution in [-0.4, -0.2) is 84.8 Å². The molecule has 6 rings (SSSR count). The summed E-state index contributed by atoms with van der Waals surface area (Å²) in [6, 6.07) is 46.9. The van der Waals surface area contributed by atoms with Crippen LogP contribution in [-0.2, 0) is 57.6 Å². The number of hydrogen-bond acceptors (Lipinski definition) is 10. The first-order chi connectivity index (χ1) is 43.7. The molecule has 0 spiro atoms. The molecular formula is C79H114N4O8Si2. The molecule has 3 N–H and O–H groups in total. The Labute approximate surface area is 562 Å². The Morgan fingerprint density at radius 3 is 1.09 bits per heavy atom. The molecule has 506 valence electrons. The van der Waals surface area contributed by atoms with Crippen molar-refractivity contribution < 1.29 is 37.5 Å². The Morgan fingerprint density at radius 1 is 0.419 bits per heavy atom. The molecule has 6 aromatic carbocycles. The van der Waals surface area contributed by atoms with E-state index in [-0.39, 0.29) is 11.8 Å². The van der Waals surface area contributed by atoms with E-state index < -0.39 is 51.9 Å². The first-order valence-corrected chi connectivity index (χ1v) is 38.3. The maximum absolute atomic E-state index is 13.6. The van der Waals surface area contributed by atoms with E-state index in [0.29, 0.717) is 70.1 Å². The standard InChI is InChI=1S/C40H58N2O4Si.C39H56N2O4Si/c1-28(2)47(29(3)4,30(5)6)46-35-23-18-32(19-24-35)17-21-33-27-34(22-26-37(33)42(10)11)38(43)41-36(39(44)45-40(7,8)9)25-20-31-15-13-12-14-16-31;1-27(2)46(28(3)4,29(5)6)45-34-22-17-31(18-23-34)16-20-32-26-33(21-25-35(32)40-10)37(42)41-36(38(43)44-39(7,8)9)24-19-30-14-12-11-13-15-30/h12-16,18-19,22-24,26-30,36H,17,20-21,25H2,1-11H3,(H,41,43);11-15,17-18,21-23,25-29,36,40H,16,19-20,24H2,1-10H3,(H,41,42)/t2*36-/m00/s1. The van der Waals surface area contributed by atoms with Crippen molar-refractivity contribution in [2.45, 2.75) is 233 Å². The van der Waals surface area contributed by atoms with Crippen LogP contribution in [0.15, 0.2) is 146 Å². The molecule has 0 heterocycles. The number of hydrogen-bond donors (Lipinski definition) is 3. The summed E-state index contributed by atoms with van der Waals surface area (Å²) in [6.45, 7) is 38.7. The summed E-state index contributed by atoms with van der Waals surface area (Å²) in [5, 5.41) is 9.22. The smallest absolute Gasteiger partial charge is 0.329 e. The van der Waals surface area contributed by atoms with Crippen molar-refractivity contribution in [1.29, 1.82) is 0 Å². The molecule has 0 saturated heterocycles. The molecule has 14 heteroatoms. The molecule has 0 aliphatic rings. The van der Waals surface area contributed by atoms with E-state index in [1.165, 1.54) is 11.1 Å². The molecular weight excluding hydrogens is 1190 g/mol. The Morgan fingerprint density at radius 2 is 0.753 bits per heavy atom. The number of carbonyl (C=O) groups is 4. The monoisotopic (exact) mass is 1300 g/mol. The van der Waals surface area contributed by atoms with Gasteiger partial charge in [0.25, 0.3) is 28.4 Å². The number of amides is 2. The lowest BCUT2D eigenvalue weighted by molar-refractivity contribution is -0.158. The topological polar surface area (TPSA) is 145 Å². The third-order valence-electron chi connectivity index (χ3n) is 17.8. The first kappa shape index (κ1) is 76.5. The molecule has 2 amide bonds. The van der Waals surface area contributed by atoms with Crippen LogP contribution < -0.4 is 29.7 Å². The summed E-state index contributed by atoms with van der Waals surface area (Å²) in [6.07, 6.45) is 5.35. The lowest BCUT2D eigenvalue weighted by atomic mass is 9.99. The molecule has 0 radical (unpaired) electrons. The summed E-state index contributed by atoms with van der Waals surface area (Å²) in [4.78, 5) is 55.5. The zero-order chi connectivity index (χ0) is 69.0. The Hall–Kier alpha value is -7.17. The van der Waals surface area contributed by atoms with Crippen molar-refractivity contribution in [2.75, 3.05) is 31.4 Å². The van der Waals surface area contributed by atoms with Crippen molar-refractivity contribution >= 4 is 51.8 Å². The van der Waals surface area contributed by atoms with Crippen LogP contribution in [0.3, 0.4) is 0 Å². The van der Waals surface area contributed by atoms with Gasteiger partial charge in [0, 0.05) is 43.6 Å². The van der Waals surface area contributed by atoms with Gasteiger partial charge in [-0.3, -0.25) is 9.59 Å². The van der Waals surface area contributed by atoms with E-state index in [1.54, 1.807) is 6.07 Å². The van der Waals surface area contributed by atoms with Crippen LogP contribution in [0.25, 0.3) is 0 Å². The molecule has 0 bridgehead atoms. The Bertz CT molecular complexity index is 3250. The number of benzene rings is 6. The molecule has 93 heavy (non-hydrogen) atoms. The summed E-state index contributed by atoms with van der Waals surface area (Å²) < 4.78 is 25.1. The summed E-state index contributed by atoms with van der Waals surface area (Å²) in [5.74, 6) is 0.488. The Kier molecular flexibility index (Phi) is 28.7. The zero-order valence-corrected chi connectivity index (χ0v) is 62.3. The molecule has 6 aromatic rings. The van der Waals surface area contributed by atoms with Crippen LogP contribution in [0.4, 0.5) is 11.4 Å². The Balaban J connectivity index is 0.000000337. The van der Waals surface area contributed by atoms with E-state index in [9.17, 15) is 19.2 Å². The number of nitrogens with zero attached hydrogens (tertiary/aromatic N) is 1. The maximum Gasteiger partial charge on any atom is 0.329 e. The first-order valence-electron chi connectivity index (χ1n) is 34.0. The summed E-state index contributed by atoms with van der Waals surface area (Å²) in [5.41, 5.74) is 11.6. The number of ether oxygens (including phenoxy) is 2. The fraction of sp³-hybridized carbons (Fsp3) is 0.494. The van der Waals surface area contributed by atoms with E-state index in [4.69, 9.17) is 18.3 Å². The minimum Gasteiger partial charge on any atom is -0.543 e. The van der Waals surface area contributed by atoms with Crippen molar-refractivity contribution in [3.05, 3.63) is 190 Å². The van der Waals surface area contributed by atoms with Crippen molar-refractivity contribution in [2.24, 2.45) is 0 Å². The SMILES string of the molecule is CC(C)[Si](Oc1ccc(CCc2cc(C(=O)N[C@@H](CCc3ccccc3)C(=O)OC(C)(C)C)ccc2N(C)C)cc1)(C(C)C)C(C)C.CNc1ccc(C(=O)N[C@@H](CCc2ccccc2)C(=O)OC(C)(C)C)cc1CCc1ccc(O[Si](C(C)C)(C(C)C)C(C)C)cc1. The highest BCUT2D eigenvalue weighted by Crippen LogP contribution is 2.44. The second-order valence-electron chi connectivity index (χ2n) is 29.2. The molecule has 0 saturated carbocycles. The molecule has 2 atom stereocenters. The van der Waals surface area contributed by atoms with Gasteiger partial charge < -0.3 is 39.2 Å². The van der Waals surface area contributed by atoms with Gasteiger partial charge in [0.05, 0.1) is 0 Å². The molecule has 0 unspecified atom stereocenters. The van der Waals surface area contributed by atoms with Gasteiger partial charge in [-0.15, -0.1) is 0 Å². The summed E-state index contributed by atoms with van der Waals surface area (Å²) >= 11 is 0. The third-order valence-corrected chi connectivity index (χ3v) is 29.8. The highest BCUT2D eigenvalue weighted by atomic mass is 28.4. The number of rotatable bonds is 30. The highest BCUT2D eigenvalue weighted by molar-refractivity contribution is 6.78. The van der Waals surface area contributed by atoms with E-state index in [1.807, 2.05) is 154 Å². The average molecular weight is 1300 g/mol. The highest BCUT2D eigenvalue weighted by Gasteiger charge is 2.48.